The van der Waals surface area contributed by atoms with Crippen LogP contribution in [0.2, 0.25) is 0 Å². The molecule has 0 aromatic carbocycles. The van der Waals surface area contributed by atoms with E-state index in [-0.39, 0.29) is 11.3 Å². The number of hydrogen-bond donors (Lipinski definition) is 1. The van der Waals surface area contributed by atoms with Crippen molar-refractivity contribution in [1.29, 1.82) is 0 Å². The van der Waals surface area contributed by atoms with Crippen LogP contribution in [0.4, 0.5) is 5.69 Å². The first kappa shape index (κ1) is 11.6. The van der Waals surface area contributed by atoms with Crippen LogP contribution in [0.1, 0.15) is 38.2 Å². The van der Waals surface area contributed by atoms with E-state index in [4.69, 9.17) is 0 Å². The monoisotopic (exact) mass is 206 g/mol. The fourth-order valence-corrected chi connectivity index (χ4v) is 1.41. The van der Waals surface area contributed by atoms with Crippen LogP contribution >= 0.6 is 0 Å². The highest BCUT2D eigenvalue weighted by atomic mass is 16.1. The van der Waals surface area contributed by atoms with Gasteiger partial charge < -0.3 is 9.88 Å². The zero-order valence-electron chi connectivity index (χ0n) is 9.79. The van der Waals surface area contributed by atoms with E-state index in [1.165, 1.54) is 0 Å². The molecule has 0 radical (unpaired) electrons. The first-order valence-electron chi connectivity index (χ1n) is 4.97. The van der Waals surface area contributed by atoms with Crippen molar-refractivity contribution in [2.45, 2.75) is 33.2 Å². The van der Waals surface area contributed by atoms with Crippen LogP contribution in [-0.4, -0.2) is 15.9 Å². The zero-order valence-corrected chi connectivity index (χ0v) is 9.79. The average Bonchev–Trinajstić information content (AvgIpc) is 2.44. The van der Waals surface area contributed by atoms with Crippen molar-refractivity contribution in [2.24, 2.45) is 0 Å². The summed E-state index contributed by atoms with van der Waals surface area (Å²) >= 11 is 0. The van der Waals surface area contributed by atoms with Gasteiger partial charge >= 0.3 is 0 Å². The number of aromatic nitrogens is 1. The second-order valence-corrected chi connectivity index (χ2v) is 4.64. The molecule has 1 aromatic heterocycles. The Morgan fingerprint density at radius 2 is 2.13 bits per heavy atom. The predicted molar refractivity (Wildman–Crippen MR) is 64.2 cm³/mol. The van der Waals surface area contributed by atoms with E-state index in [2.05, 4.69) is 32.7 Å². The minimum absolute atomic E-state index is 0.0125. The Labute approximate surface area is 90.8 Å². The molecule has 0 unspecified atom stereocenters. The maximum atomic E-state index is 11.3. The van der Waals surface area contributed by atoms with Gasteiger partial charge in [-0.15, -0.1) is 0 Å². The fourth-order valence-electron chi connectivity index (χ4n) is 1.41. The highest BCUT2D eigenvalue weighted by Crippen LogP contribution is 2.19. The number of anilines is 1. The summed E-state index contributed by atoms with van der Waals surface area (Å²) in [5.74, 6) is 0.0388. The Morgan fingerprint density at radius 1 is 1.53 bits per heavy atom. The number of carbonyl (C=O) groups is 1. The number of carbonyl (C=O) groups excluding carboxylic acids is 1. The Hall–Kier alpha value is -1.51. The van der Waals surface area contributed by atoms with Crippen molar-refractivity contribution in [2.75, 3.05) is 5.32 Å². The number of rotatable bonds is 3. The molecule has 1 aromatic rings. The van der Waals surface area contributed by atoms with Crippen molar-refractivity contribution in [3.63, 3.8) is 0 Å². The molecule has 0 saturated heterocycles. The van der Waals surface area contributed by atoms with Crippen LogP contribution in [0.5, 0.6) is 0 Å². The van der Waals surface area contributed by atoms with Gasteiger partial charge in [-0.05, 0) is 26.8 Å². The molecule has 0 aliphatic heterocycles. The lowest BCUT2D eigenvalue weighted by molar-refractivity contribution is 0.101. The molecule has 0 aliphatic carbocycles. The molecule has 1 rings (SSSR count). The first-order valence-corrected chi connectivity index (χ1v) is 4.97. The molecule has 0 spiro atoms. The van der Waals surface area contributed by atoms with Gasteiger partial charge in [0.25, 0.3) is 0 Å². The van der Waals surface area contributed by atoms with Crippen LogP contribution < -0.4 is 5.32 Å². The molecule has 1 N–H and O–H groups in total. The largest absolute Gasteiger partial charge is 0.379 e. The lowest BCUT2D eigenvalue weighted by Gasteiger charge is -2.20. The third-order valence-electron chi connectivity index (χ3n) is 1.93. The second-order valence-electron chi connectivity index (χ2n) is 4.64. The minimum Gasteiger partial charge on any atom is -0.379 e. The molecule has 0 amide bonds. The van der Waals surface area contributed by atoms with E-state index in [0.29, 0.717) is 5.69 Å². The van der Waals surface area contributed by atoms with Gasteiger partial charge in [0.05, 0.1) is 11.4 Å². The van der Waals surface area contributed by atoms with Crippen LogP contribution in [-0.2, 0) is 0 Å². The first-order chi connectivity index (χ1) is 6.83. The number of nitrogens with zero attached hydrogens (tertiary/aromatic N) is 1. The normalized spacial score (nSPS) is 11.2. The van der Waals surface area contributed by atoms with E-state index >= 15 is 0 Å². The molecule has 0 atom stereocenters. The number of hydrogen-bond acceptors (Lipinski definition) is 2. The van der Waals surface area contributed by atoms with Gasteiger partial charge in [0.2, 0.25) is 0 Å². The summed E-state index contributed by atoms with van der Waals surface area (Å²) in [5, 5.41) is 3.31. The van der Waals surface area contributed by atoms with Gasteiger partial charge in [0.1, 0.15) is 0 Å². The van der Waals surface area contributed by atoms with Crippen LogP contribution in [0.25, 0.3) is 6.20 Å². The van der Waals surface area contributed by atoms with E-state index in [9.17, 15) is 4.79 Å². The number of ketones is 1. The SMILES string of the molecule is C=Cn1cc(NC(C)(C)C)cc1C(C)=O. The summed E-state index contributed by atoms with van der Waals surface area (Å²) < 4.78 is 1.73. The zero-order chi connectivity index (χ0) is 11.6. The summed E-state index contributed by atoms with van der Waals surface area (Å²) in [6.45, 7) is 11.4. The quantitative estimate of drug-likeness (QED) is 0.771. The van der Waals surface area contributed by atoms with Gasteiger partial charge in [-0.2, -0.15) is 0 Å². The number of Topliss-reactive ketones (excluding diaryl/α,β-unsaturated/α-hetero) is 1. The number of nitrogens with one attached hydrogen (secondary N) is 1. The van der Waals surface area contributed by atoms with E-state index < -0.39 is 0 Å². The van der Waals surface area contributed by atoms with E-state index in [0.717, 1.165) is 5.69 Å². The fraction of sp³-hybridized carbons (Fsp3) is 0.417. The summed E-state index contributed by atoms with van der Waals surface area (Å²) in [6, 6.07) is 1.84. The molecule has 3 nitrogen and oxygen atoms in total. The predicted octanol–water partition coefficient (Wildman–Crippen LogP) is 3.00. The highest BCUT2D eigenvalue weighted by molar-refractivity contribution is 5.94. The highest BCUT2D eigenvalue weighted by Gasteiger charge is 2.13. The Balaban J connectivity index is 3.03. The molecule has 0 aliphatic rings. The molecule has 0 bridgehead atoms. The maximum absolute atomic E-state index is 11.3. The van der Waals surface area contributed by atoms with E-state index in [1.54, 1.807) is 17.7 Å². The molecule has 82 valence electrons. The minimum atomic E-state index is -0.0125. The third kappa shape index (κ3) is 2.98. The van der Waals surface area contributed by atoms with Crippen molar-refractivity contribution in [3.05, 3.63) is 24.5 Å². The Bertz CT molecular complexity index is 383. The lowest BCUT2D eigenvalue weighted by Crippen LogP contribution is -2.25. The third-order valence-corrected chi connectivity index (χ3v) is 1.93. The smallest absolute Gasteiger partial charge is 0.176 e. The summed E-state index contributed by atoms with van der Waals surface area (Å²) in [6.07, 6.45) is 3.50. The van der Waals surface area contributed by atoms with Crippen molar-refractivity contribution in [3.8, 4) is 0 Å². The molecule has 0 fully saturated rings. The molecular formula is C12H18N2O. The lowest BCUT2D eigenvalue weighted by atomic mass is 10.1. The van der Waals surface area contributed by atoms with E-state index in [1.807, 2.05) is 12.3 Å². The van der Waals surface area contributed by atoms with Gasteiger partial charge in [-0.3, -0.25) is 4.79 Å². The van der Waals surface area contributed by atoms with Crippen molar-refractivity contribution >= 4 is 17.7 Å². The van der Waals surface area contributed by atoms with Crippen LogP contribution in [0.3, 0.4) is 0 Å². The molecule has 15 heavy (non-hydrogen) atoms. The Morgan fingerprint density at radius 3 is 2.47 bits per heavy atom. The molecule has 3 heteroatoms. The van der Waals surface area contributed by atoms with Crippen molar-refractivity contribution < 1.29 is 4.79 Å². The van der Waals surface area contributed by atoms with Crippen LogP contribution in [0.15, 0.2) is 18.8 Å². The van der Waals surface area contributed by atoms with Gasteiger partial charge in [0, 0.05) is 24.9 Å². The standard InChI is InChI=1S/C12H18N2O/c1-6-14-8-10(13-12(3,4)5)7-11(14)9(2)15/h6-8,13H,1H2,2-5H3. The molecule has 0 saturated carbocycles. The Kier molecular flexibility index (Phi) is 3.03. The van der Waals surface area contributed by atoms with Gasteiger partial charge in [-0.25, -0.2) is 0 Å². The van der Waals surface area contributed by atoms with Crippen molar-refractivity contribution in [1.82, 2.24) is 4.57 Å². The maximum Gasteiger partial charge on any atom is 0.176 e. The van der Waals surface area contributed by atoms with Gasteiger partial charge in [0.15, 0.2) is 5.78 Å². The summed E-state index contributed by atoms with van der Waals surface area (Å²) in [7, 11) is 0. The average molecular weight is 206 g/mol. The summed E-state index contributed by atoms with van der Waals surface area (Å²) in [4.78, 5) is 11.3. The van der Waals surface area contributed by atoms with Crippen LogP contribution in [0, 0.1) is 0 Å². The molecule has 1 heterocycles. The molecular weight excluding hydrogens is 188 g/mol. The summed E-state index contributed by atoms with van der Waals surface area (Å²) in [5.41, 5.74) is 1.57. The topological polar surface area (TPSA) is 34.0 Å². The second kappa shape index (κ2) is 3.93. The van der Waals surface area contributed by atoms with Gasteiger partial charge in [-0.1, -0.05) is 6.58 Å².